The van der Waals surface area contributed by atoms with Crippen LogP contribution >= 0.6 is 0 Å². The molecule has 4 aromatic rings. The molecule has 2 fully saturated rings. The van der Waals surface area contributed by atoms with Crippen LogP contribution in [0.15, 0.2) is 95.9 Å². The number of sulfonamides is 1. The maximum atomic E-state index is 15.1. The Labute approximate surface area is 289 Å². The Balaban J connectivity index is 1.44. The minimum absolute atomic E-state index is 0.0274. The molecule has 6 rings (SSSR count). The summed E-state index contributed by atoms with van der Waals surface area (Å²) >= 11 is 0. The highest BCUT2D eigenvalue weighted by molar-refractivity contribution is 7.89. The van der Waals surface area contributed by atoms with E-state index in [1.165, 1.54) is 41.1 Å². The van der Waals surface area contributed by atoms with Crippen molar-refractivity contribution < 1.29 is 41.0 Å². The minimum Gasteiger partial charge on any atom is -0.478 e. The van der Waals surface area contributed by atoms with Crippen LogP contribution in [0.3, 0.4) is 0 Å². The number of nitrogens with zero attached hydrogens (tertiary/aromatic N) is 2. The molecule has 1 aliphatic carbocycles. The van der Waals surface area contributed by atoms with Crippen LogP contribution in [0.2, 0.25) is 0 Å². The normalized spacial score (nSPS) is 18.6. The predicted octanol–water partition coefficient (Wildman–Crippen LogP) is 7.78. The quantitative estimate of drug-likeness (QED) is 0.171. The van der Waals surface area contributed by atoms with E-state index in [2.05, 4.69) is 0 Å². The maximum absolute atomic E-state index is 15.1. The van der Waals surface area contributed by atoms with Crippen molar-refractivity contribution in [3.8, 4) is 0 Å². The second-order valence-electron chi connectivity index (χ2n) is 12.8. The molecule has 1 amide bonds. The van der Waals surface area contributed by atoms with Crippen molar-refractivity contribution in [1.82, 2.24) is 4.31 Å². The van der Waals surface area contributed by atoms with Crippen molar-refractivity contribution in [3.05, 3.63) is 131 Å². The smallest absolute Gasteiger partial charge is 0.335 e. The lowest BCUT2D eigenvalue weighted by atomic mass is 9.84. The lowest BCUT2D eigenvalue weighted by molar-refractivity contribution is -0.161. The molecule has 50 heavy (non-hydrogen) atoms. The molecule has 0 spiro atoms. The number of carbonyl (C=O) groups is 2. The van der Waals surface area contributed by atoms with Gasteiger partial charge in [0.1, 0.15) is 17.5 Å². The topological polar surface area (TPSA) is 104 Å². The summed E-state index contributed by atoms with van der Waals surface area (Å²) in [6.45, 7) is -0.602. The van der Waals surface area contributed by atoms with Gasteiger partial charge in [0.05, 0.1) is 18.7 Å². The molecule has 1 atom stereocenters. The highest BCUT2D eigenvalue weighted by atomic mass is 32.2. The third kappa shape index (κ3) is 7.19. The van der Waals surface area contributed by atoms with Crippen LogP contribution in [0.5, 0.6) is 0 Å². The number of carbonyl (C=O) groups excluding carboxylic acids is 1. The Hall–Kier alpha value is -4.52. The van der Waals surface area contributed by atoms with E-state index < -0.39 is 50.0 Å². The van der Waals surface area contributed by atoms with Crippen molar-refractivity contribution in [2.75, 3.05) is 11.4 Å². The van der Waals surface area contributed by atoms with Crippen LogP contribution in [0.25, 0.3) is 0 Å². The third-order valence-corrected chi connectivity index (χ3v) is 11.5. The first-order valence-corrected chi connectivity index (χ1v) is 18.0. The summed E-state index contributed by atoms with van der Waals surface area (Å²) in [6.07, 6.45) is 5.68. The average molecular weight is 707 g/mol. The number of halogens is 3. The number of hydrogen-bond acceptors (Lipinski definition) is 5. The monoisotopic (exact) mass is 706 g/mol. The van der Waals surface area contributed by atoms with E-state index in [1.807, 2.05) is 24.3 Å². The Morgan fingerprint density at radius 3 is 2.10 bits per heavy atom. The minimum atomic E-state index is -5.13. The molecule has 0 radical (unpaired) electrons. The van der Waals surface area contributed by atoms with Crippen LogP contribution in [0.4, 0.5) is 18.9 Å². The summed E-state index contributed by atoms with van der Waals surface area (Å²) in [5.74, 6) is -6.15. The van der Waals surface area contributed by atoms with E-state index in [0.717, 1.165) is 25.7 Å². The van der Waals surface area contributed by atoms with Gasteiger partial charge < -0.3 is 14.7 Å². The predicted molar refractivity (Wildman–Crippen MR) is 180 cm³/mol. The van der Waals surface area contributed by atoms with Crippen molar-refractivity contribution >= 4 is 27.6 Å². The molecule has 1 saturated heterocycles. The summed E-state index contributed by atoms with van der Waals surface area (Å²) in [6, 6.07) is 22.6. The number of rotatable bonds is 11. The molecule has 1 heterocycles. The van der Waals surface area contributed by atoms with Gasteiger partial charge in [-0.15, -0.1) is 0 Å². The van der Waals surface area contributed by atoms with Gasteiger partial charge in [0, 0.05) is 30.8 Å². The van der Waals surface area contributed by atoms with Gasteiger partial charge in [-0.2, -0.15) is 4.31 Å². The summed E-state index contributed by atoms with van der Waals surface area (Å²) in [4.78, 5) is 26.6. The van der Waals surface area contributed by atoms with Gasteiger partial charge in [0.25, 0.3) is 15.9 Å². The molecular weight excluding hydrogens is 669 g/mol. The first kappa shape index (κ1) is 35.3. The van der Waals surface area contributed by atoms with E-state index in [0.29, 0.717) is 21.4 Å². The van der Waals surface area contributed by atoms with Crippen molar-refractivity contribution in [3.63, 3.8) is 0 Å². The SMILES string of the molecule is O=C(O)c1ccc(N(Cc2ccc(C3CCCCC3)cc2)C(=O)[C@]2(OCc3ccccc3)CCCN2S(=O)(=O)c2c(F)cc(F)cc2F)cc1. The molecule has 1 aliphatic heterocycles. The number of aromatic carboxylic acids is 1. The number of ether oxygens (including phenoxy) is 1. The fourth-order valence-corrected chi connectivity index (χ4v) is 8.76. The maximum Gasteiger partial charge on any atom is 0.335 e. The number of hydrogen-bond donors (Lipinski definition) is 1. The van der Waals surface area contributed by atoms with Crippen molar-refractivity contribution in [2.45, 2.75) is 74.6 Å². The molecule has 0 bridgehead atoms. The highest BCUT2D eigenvalue weighted by Crippen LogP contribution is 2.41. The van der Waals surface area contributed by atoms with Crippen LogP contribution in [-0.2, 0) is 32.7 Å². The second kappa shape index (κ2) is 14.8. The number of anilines is 1. The van der Waals surface area contributed by atoms with E-state index >= 15 is 13.6 Å². The lowest BCUT2D eigenvalue weighted by Gasteiger charge is -2.39. The summed E-state index contributed by atoms with van der Waals surface area (Å²) in [5.41, 5.74) is 0.453. The van der Waals surface area contributed by atoms with E-state index in [1.54, 1.807) is 30.3 Å². The summed E-state index contributed by atoms with van der Waals surface area (Å²) in [5, 5.41) is 9.52. The number of carboxylic acids is 1. The average Bonchev–Trinajstić information content (AvgIpc) is 3.56. The van der Waals surface area contributed by atoms with Crippen LogP contribution in [0, 0.1) is 17.5 Å². The van der Waals surface area contributed by atoms with Gasteiger partial charge in [-0.3, -0.25) is 4.79 Å². The Morgan fingerprint density at radius 1 is 0.840 bits per heavy atom. The fourth-order valence-electron chi connectivity index (χ4n) is 6.95. The standard InChI is InChI=1S/C38H37F3N2O6S/c39-31-22-33(40)35(34(41)23-31)50(47,48)43-21-7-20-38(43,49-25-27-8-3-1-4-9-27)37(46)42(32-18-16-30(17-19-32)36(44)45)24-26-12-14-29(15-13-26)28-10-5-2-6-11-28/h1,3-4,8-9,12-19,22-23,28H,2,5-7,10-11,20-21,24-25H2,(H,44,45)/t38-/m1/s1. The molecule has 1 N–H and O–H groups in total. The van der Waals surface area contributed by atoms with Gasteiger partial charge in [-0.1, -0.05) is 73.9 Å². The van der Waals surface area contributed by atoms with Crippen LogP contribution in [0.1, 0.15) is 77.9 Å². The third-order valence-electron chi connectivity index (χ3n) is 9.51. The zero-order valence-corrected chi connectivity index (χ0v) is 28.1. The molecule has 1 saturated carbocycles. The van der Waals surface area contributed by atoms with Gasteiger partial charge in [0.2, 0.25) is 5.72 Å². The van der Waals surface area contributed by atoms with Crippen molar-refractivity contribution in [1.29, 1.82) is 0 Å². The van der Waals surface area contributed by atoms with Crippen molar-refractivity contribution in [2.24, 2.45) is 0 Å². The number of amides is 1. The molecule has 0 unspecified atom stereocenters. The van der Waals surface area contributed by atoms with Gasteiger partial charge in [0.15, 0.2) is 4.90 Å². The molecule has 12 heteroatoms. The molecule has 4 aromatic carbocycles. The molecule has 0 aromatic heterocycles. The number of carboxylic acid groups (broad SMARTS) is 1. The Bertz CT molecular complexity index is 1930. The molecular formula is C38H37F3N2O6S. The Morgan fingerprint density at radius 2 is 1.48 bits per heavy atom. The summed E-state index contributed by atoms with van der Waals surface area (Å²) < 4.78 is 79.3. The molecule has 8 nitrogen and oxygen atoms in total. The van der Waals surface area contributed by atoms with Crippen LogP contribution < -0.4 is 4.90 Å². The van der Waals surface area contributed by atoms with Gasteiger partial charge in [-0.05, 0) is 66.1 Å². The van der Waals surface area contributed by atoms with E-state index in [-0.39, 0.29) is 55.9 Å². The largest absolute Gasteiger partial charge is 0.478 e. The zero-order chi connectivity index (χ0) is 35.5. The highest BCUT2D eigenvalue weighted by Gasteiger charge is 2.57. The zero-order valence-electron chi connectivity index (χ0n) is 27.2. The summed E-state index contributed by atoms with van der Waals surface area (Å²) in [7, 11) is -5.13. The second-order valence-corrected chi connectivity index (χ2v) is 14.6. The van der Waals surface area contributed by atoms with E-state index in [4.69, 9.17) is 4.74 Å². The lowest BCUT2D eigenvalue weighted by Crippen LogP contribution is -2.60. The number of benzene rings is 4. The van der Waals surface area contributed by atoms with Gasteiger partial charge in [-0.25, -0.2) is 26.4 Å². The Kier molecular flexibility index (Phi) is 10.4. The molecule has 2 aliphatic rings. The first-order valence-electron chi connectivity index (χ1n) is 16.6. The van der Waals surface area contributed by atoms with E-state index in [9.17, 15) is 22.7 Å². The molecule has 262 valence electrons. The van der Waals surface area contributed by atoms with Crippen LogP contribution in [-0.4, -0.2) is 42.0 Å². The first-order chi connectivity index (χ1) is 24.0. The van der Waals surface area contributed by atoms with Gasteiger partial charge >= 0.3 is 5.97 Å². The fraction of sp³-hybridized carbons (Fsp3) is 0.316.